The molecule has 7 nitrogen and oxygen atoms in total. The van der Waals surface area contributed by atoms with Gasteiger partial charge in [0.25, 0.3) is 10.0 Å². The second-order valence-corrected chi connectivity index (χ2v) is 10.8. The Morgan fingerprint density at radius 2 is 1.87 bits per heavy atom. The first kappa shape index (κ1) is 20.8. The number of aliphatic hydroxyl groups is 2. The number of hydrogen-bond donors (Lipinski definition) is 2. The summed E-state index contributed by atoms with van der Waals surface area (Å²) in [5, 5.41) is 20.8. The summed E-state index contributed by atoms with van der Waals surface area (Å²) in [5.41, 5.74) is 2.76. The number of likely N-dealkylation sites (N-methyl/N-ethyl adjacent to an activating group) is 1. The molecule has 0 bridgehead atoms. The summed E-state index contributed by atoms with van der Waals surface area (Å²) in [4.78, 5) is 2.45. The van der Waals surface area contributed by atoms with Crippen LogP contribution in [-0.4, -0.2) is 69.5 Å². The van der Waals surface area contributed by atoms with E-state index < -0.39 is 16.1 Å². The zero-order chi connectivity index (χ0) is 21.9. The first-order valence-corrected chi connectivity index (χ1v) is 12.1. The molecule has 1 fully saturated rings. The predicted molar refractivity (Wildman–Crippen MR) is 117 cm³/mol. The molecule has 3 aliphatic rings. The number of sulfonamides is 1. The van der Waals surface area contributed by atoms with Gasteiger partial charge in [-0.15, -0.1) is 0 Å². The average molecular weight is 445 g/mol. The number of methoxy groups -OCH3 is 1. The van der Waals surface area contributed by atoms with E-state index in [1.807, 2.05) is 25.2 Å². The molecule has 0 spiro atoms. The van der Waals surface area contributed by atoms with E-state index in [0.717, 1.165) is 17.5 Å². The zero-order valence-electron chi connectivity index (χ0n) is 17.7. The molecule has 2 N–H and O–H groups in total. The maximum Gasteiger partial charge on any atom is 0.264 e. The van der Waals surface area contributed by atoms with Gasteiger partial charge in [0.05, 0.1) is 23.8 Å². The van der Waals surface area contributed by atoms with Gasteiger partial charge in [-0.25, -0.2) is 8.42 Å². The van der Waals surface area contributed by atoms with Crippen molar-refractivity contribution in [3.05, 3.63) is 53.6 Å². The lowest BCUT2D eigenvalue weighted by atomic mass is 9.67. The standard InChI is InChI=1S/C23H28N2O5S/c1-24-11-15(13-26)23(27)22-18-4-3-5-19-21(18)14(10-20(22)24)12-25(19)31(28,29)17-8-6-16(30-2)7-9-17/h3-9,14-15,20,22-23,26-27H,10-13H2,1-2H3/t14-,15+,20-,22-,23-/m1/s1. The van der Waals surface area contributed by atoms with E-state index in [4.69, 9.17) is 4.74 Å². The van der Waals surface area contributed by atoms with Gasteiger partial charge in [0.1, 0.15) is 5.75 Å². The van der Waals surface area contributed by atoms with Crippen molar-refractivity contribution in [2.45, 2.75) is 35.3 Å². The molecule has 0 amide bonds. The molecule has 5 atom stereocenters. The fourth-order valence-electron chi connectivity index (χ4n) is 5.79. The second kappa shape index (κ2) is 7.48. The SMILES string of the molecule is COc1ccc(S(=O)(=O)N2C[C@H]3C[C@@H]4[C@@H](c5cccc2c53)[C@H](O)[C@H](CO)CN4C)cc1. The lowest BCUT2D eigenvalue weighted by Gasteiger charge is -2.49. The highest BCUT2D eigenvalue weighted by molar-refractivity contribution is 7.92. The van der Waals surface area contributed by atoms with E-state index in [2.05, 4.69) is 4.90 Å². The Bertz CT molecular complexity index is 1090. The number of anilines is 1. The quantitative estimate of drug-likeness (QED) is 0.747. The number of likely N-dealkylation sites (tertiary alicyclic amines) is 1. The number of hydrogen-bond acceptors (Lipinski definition) is 6. The minimum absolute atomic E-state index is 0.0643. The van der Waals surface area contributed by atoms with Gasteiger partial charge in [0.15, 0.2) is 0 Å². The molecule has 0 aromatic heterocycles. The Labute approximate surface area is 182 Å². The lowest BCUT2D eigenvalue weighted by molar-refractivity contribution is -0.0436. The molecular formula is C23H28N2O5S. The second-order valence-electron chi connectivity index (χ2n) is 8.89. The monoisotopic (exact) mass is 444 g/mol. The van der Waals surface area contributed by atoms with Crippen LogP contribution in [0.4, 0.5) is 5.69 Å². The van der Waals surface area contributed by atoms with Crippen LogP contribution in [0, 0.1) is 5.92 Å². The van der Waals surface area contributed by atoms with E-state index >= 15 is 0 Å². The minimum Gasteiger partial charge on any atom is -0.497 e. The van der Waals surface area contributed by atoms with Crippen LogP contribution in [0.1, 0.15) is 29.4 Å². The topological polar surface area (TPSA) is 90.3 Å². The van der Waals surface area contributed by atoms with Gasteiger partial charge in [-0.2, -0.15) is 0 Å². The summed E-state index contributed by atoms with van der Waals surface area (Å²) in [7, 11) is -0.143. The summed E-state index contributed by atoms with van der Waals surface area (Å²) in [6, 6.07) is 12.3. The third-order valence-electron chi connectivity index (χ3n) is 7.30. The average Bonchev–Trinajstić information content (AvgIpc) is 3.17. The van der Waals surface area contributed by atoms with E-state index in [1.165, 1.54) is 4.31 Å². The summed E-state index contributed by atoms with van der Waals surface area (Å²) in [6.45, 7) is 0.969. The van der Waals surface area contributed by atoms with E-state index in [1.54, 1.807) is 31.4 Å². The molecule has 8 heteroatoms. The number of ether oxygens (including phenoxy) is 1. The van der Waals surface area contributed by atoms with Gasteiger partial charge in [-0.3, -0.25) is 4.31 Å². The Kier molecular flexibility index (Phi) is 5.01. The molecule has 2 aromatic rings. The first-order valence-electron chi connectivity index (χ1n) is 10.7. The van der Waals surface area contributed by atoms with Crippen molar-refractivity contribution < 1.29 is 23.4 Å². The molecule has 2 aromatic carbocycles. The molecule has 1 aliphatic carbocycles. The van der Waals surface area contributed by atoms with Gasteiger partial charge in [0.2, 0.25) is 0 Å². The molecule has 0 saturated carbocycles. The number of fused-ring (bicyclic) bond motifs is 2. The van der Waals surface area contributed by atoms with E-state index in [-0.39, 0.29) is 35.3 Å². The minimum atomic E-state index is -3.72. The van der Waals surface area contributed by atoms with Crippen LogP contribution in [-0.2, 0) is 10.0 Å². The predicted octanol–water partition coefficient (Wildman–Crippen LogP) is 1.76. The van der Waals surface area contributed by atoms with Crippen molar-refractivity contribution in [3.63, 3.8) is 0 Å². The molecule has 2 aliphatic heterocycles. The first-order chi connectivity index (χ1) is 14.9. The fourth-order valence-corrected chi connectivity index (χ4v) is 7.32. The Balaban J connectivity index is 1.57. The Morgan fingerprint density at radius 3 is 2.55 bits per heavy atom. The highest BCUT2D eigenvalue weighted by Gasteiger charge is 2.50. The van der Waals surface area contributed by atoms with Crippen LogP contribution in [0.2, 0.25) is 0 Å². The van der Waals surface area contributed by atoms with E-state index in [0.29, 0.717) is 24.5 Å². The maximum absolute atomic E-state index is 13.5. The van der Waals surface area contributed by atoms with Crippen molar-refractivity contribution in [3.8, 4) is 5.75 Å². The molecule has 2 heterocycles. The van der Waals surface area contributed by atoms with E-state index in [9.17, 15) is 18.6 Å². The van der Waals surface area contributed by atoms with Crippen molar-refractivity contribution in [1.82, 2.24) is 4.90 Å². The molecule has 166 valence electrons. The zero-order valence-corrected chi connectivity index (χ0v) is 18.5. The lowest BCUT2D eigenvalue weighted by Crippen LogP contribution is -2.55. The Morgan fingerprint density at radius 1 is 1.13 bits per heavy atom. The van der Waals surface area contributed by atoms with Gasteiger partial charge in [-0.05, 0) is 54.9 Å². The molecule has 1 saturated heterocycles. The normalized spacial score (nSPS) is 30.1. The fraction of sp³-hybridized carbons (Fsp3) is 0.478. The number of aliphatic hydroxyl groups excluding tert-OH is 2. The smallest absolute Gasteiger partial charge is 0.264 e. The highest BCUT2D eigenvalue weighted by atomic mass is 32.2. The molecular weight excluding hydrogens is 416 g/mol. The summed E-state index contributed by atoms with van der Waals surface area (Å²) < 4.78 is 33.7. The Hall–Kier alpha value is -2.13. The molecule has 31 heavy (non-hydrogen) atoms. The van der Waals surface area contributed by atoms with Crippen molar-refractivity contribution in [2.75, 3.05) is 38.2 Å². The van der Waals surface area contributed by atoms with Crippen molar-refractivity contribution in [1.29, 1.82) is 0 Å². The van der Waals surface area contributed by atoms with Crippen LogP contribution in [0.15, 0.2) is 47.4 Å². The maximum atomic E-state index is 13.5. The number of rotatable bonds is 4. The summed E-state index contributed by atoms with van der Waals surface area (Å²) in [5.74, 6) is 0.351. The molecule has 0 radical (unpaired) electrons. The third-order valence-corrected chi connectivity index (χ3v) is 9.10. The van der Waals surface area contributed by atoms with Gasteiger partial charge < -0.3 is 19.8 Å². The van der Waals surface area contributed by atoms with Crippen LogP contribution >= 0.6 is 0 Å². The van der Waals surface area contributed by atoms with Crippen LogP contribution in [0.3, 0.4) is 0 Å². The number of piperidine rings is 1. The van der Waals surface area contributed by atoms with Gasteiger partial charge in [0, 0.05) is 43.5 Å². The van der Waals surface area contributed by atoms with Gasteiger partial charge >= 0.3 is 0 Å². The van der Waals surface area contributed by atoms with Crippen LogP contribution in [0.25, 0.3) is 0 Å². The van der Waals surface area contributed by atoms with Crippen molar-refractivity contribution >= 4 is 15.7 Å². The summed E-state index contributed by atoms with van der Waals surface area (Å²) >= 11 is 0. The number of benzene rings is 2. The highest BCUT2D eigenvalue weighted by Crippen LogP contribution is 2.53. The number of nitrogens with zero attached hydrogens (tertiary/aromatic N) is 2. The van der Waals surface area contributed by atoms with Crippen LogP contribution < -0.4 is 9.04 Å². The summed E-state index contributed by atoms with van der Waals surface area (Å²) in [6.07, 6.45) is 0.139. The van der Waals surface area contributed by atoms with Gasteiger partial charge in [-0.1, -0.05) is 12.1 Å². The molecule has 0 unspecified atom stereocenters. The van der Waals surface area contributed by atoms with Crippen molar-refractivity contribution in [2.24, 2.45) is 5.92 Å². The largest absolute Gasteiger partial charge is 0.497 e. The van der Waals surface area contributed by atoms with Crippen LogP contribution in [0.5, 0.6) is 5.75 Å². The molecule has 5 rings (SSSR count). The third kappa shape index (κ3) is 3.08.